The normalized spacial score (nSPS) is 45.1. The minimum atomic E-state index is -0.483. The van der Waals surface area contributed by atoms with Gasteiger partial charge >= 0.3 is 0 Å². The van der Waals surface area contributed by atoms with Gasteiger partial charge in [0.1, 0.15) is 0 Å². The fourth-order valence-corrected chi connectivity index (χ4v) is 4.17. The first kappa shape index (κ1) is 16.3. The van der Waals surface area contributed by atoms with Gasteiger partial charge in [-0.1, -0.05) is 33.6 Å². The summed E-state index contributed by atoms with van der Waals surface area (Å²) in [4.78, 5) is 0. The van der Waals surface area contributed by atoms with Crippen molar-refractivity contribution < 1.29 is 9.84 Å². The highest BCUT2D eigenvalue weighted by Crippen LogP contribution is 2.46. The van der Waals surface area contributed by atoms with E-state index < -0.39 is 5.60 Å². The van der Waals surface area contributed by atoms with E-state index in [-0.39, 0.29) is 5.41 Å². The number of aliphatic hydroxyl groups is 1. The number of hydrogen-bond donors (Lipinski definition) is 2. The monoisotopic (exact) mass is 283 g/mol. The van der Waals surface area contributed by atoms with Gasteiger partial charge in [0.05, 0.1) is 11.7 Å². The molecule has 0 aromatic rings. The Bertz CT molecular complexity index is 322. The molecule has 5 unspecified atom stereocenters. The summed E-state index contributed by atoms with van der Waals surface area (Å²) in [5, 5.41) is 14.4. The Hall–Kier alpha value is -0.120. The van der Waals surface area contributed by atoms with Gasteiger partial charge in [-0.15, -0.1) is 0 Å². The number of ether oxygens (including phenoxy) is 1. The predicted molar refractivity (Wildman–Crippen MR) is 82.8 cm³/mol. The molecule has 0 bridgehead atoms. The molecule has 20 heavy (non-hydrogen) atoms. The van der Waals surface area contributed by atoms with Crippen molar-refractivity contribution in [1.29, 1.82) is 0 Å². The molecule has 0 heterocycles. The van der Waals surface area contributed by atoms with Gasteiger partial charge in [-0.2, -0.15) is 0 Å². The second-order valence-electron chi connectivity index (χ2n) is 7.40. The minimum absolute atomic E-state index is 0.229. The minimum Gasteiger partial charge on any atom is -0.389 e. The first-order valence-electron chi connectivity index (χ1n) is 8.51. The summed E-state index contributed by atoms with van der Waals surface area (Å²) in [6.45, 7) is 10.4. The zero-order valence-electron chi connectivity index (χ0n) is 13.7. The summed E-state index contributed by atoms with van der Waals surface area (Å²) in [6.07, 6.45) is 6.93. The molecule has 2 saturated carbocycles. The number of rotatable bonds is 6. The van der Waals surface area contributed by atoms with Crippen LogP contribution in [0.5, 0.6) is 0 Å². The molecule has 0 aromatic heterocycles. The molecule has 0 amide bonds. The van der Waals surface area contributed by atoms with Gasteiger partial charge in [0.25, 0.3) is 0 Å². The molecule has 0 saturated heterocycles. The van der Waals surface area contributed by atoms with Crippen molar-refractivity contribution in [3.63, 3.8) is 0 Å². The Morgan fingerprint density at radius 2 is 2.10 bits per heavy atom. The van der Waals surface area contributed by atoms with Crippen molar-refractivity contribution >= 4 is 0 Å². The van der Waals surface area contributed by atoms with Crippen molar-refractivity contribution in [3.05, 3.63) is 0 Å². The first-order valence-corrected chi connectivity index (χ1v) is 8.51. The van der Waals surface area contributed by atoms with E-state index in [1.165, 1.54) is 6.42 Å². The first-order chi connectivity index (χ1) is 9.43. The van der Waals surface area contributed by atoms with E-state index in [0.717, 1.165) is 45.3 Å². The van der Waals surface area contributed by atoms with Gasteiger partial charge in [0, 0.05) is 24.6 Å². The van der Waals surface area contributed by atoms with E-state index in [2.05, 4.69) is 33.0 Å². The zero-order valence-corrected chi connectivity index (χ0v) is 13.7. The molecule has 0 radical (unpaired) electrons. The van der Waals surface area contributed by atoms with Crippen molar-refractivity contribution in [2.45, 2.75) is 84.0 Å². The lowest BCUT2D eigenvalue weighted by Gasteiger charge is -2.54. The SMILES string of the molecule is CCOC1CC(NCC2(O)CCCC(C)C2)C1(C)CC. The maximum absolute atomic E-state index is 10.7. The van der Waals surface area contributed by atoms with Crippen molar-refractivity contribution in [3.8, 4) is 0 Å². The summed E-state index contributed by atoms with van der Waals surface area (Å²) in [5.41, 5.74) is -0.254. The van der Waals surface area contributed by atoms with E-state index in [1.54, 1.807) is 0 Å². The summed E-state index contributed by atoms with van der Waals surface area (Å²) >= 11 is 0. The second kappa shape index (κ2) is 6.33. The molecule has 2 aliphatic rings. The van der Waals surface area contributed by atoms with Crippen LogP contribution in [0, 0.1) is 11.3 Å². The molecule has 2 fully saturated rings. The highest BCUT2D eigenvalue weighted by Gasteiger charge is 2.51. The molecular weight excluding hydrogens is 250 g/mol. The third-order valence-corrected chi connectivity index (χ3v) is 5.86. The third-order valence-electron chi connectivity index (χ3n) is 5.86. The molecule has 2 rings (SSSR count). The quantitative estimate of drug-likeness (QED) is 0.787. The standard InChI is InChI=1S/C17H33NO2/c1-5-16(4)14(10-15(16)20-6-2)18-12-17(19)9-7-8-13(3)11-17/h13-15,18-19H,5-12H2,1-4H3. The van der Waals surface area contributed by atoms with E-state index in [1.807, 2.05) is 0 Å². The molecule has 5 atom stereocenters. The molecule has 0 aromatic carbocycles. The van der Waals surface area contributed by atoms with Gasteiger partial charge in [-0.05, 0) is 38.5 Å². The fraction of sp³-hybridized carbons (Fsp3) is 1.00. The molecule has 118 valence electrons. The van der Waals surface area contributed by atoms with Crippen molar-refractivity contribution in [2.75, 3.05) is 13.2 Å². The van der Waals surface area contributed by atoms with E-state index in [9.17, 15) is 5.11 Å². The smallest absolute Gasteiger partial charge is 0.0774 e. The van der Waals surface area contributed by atoms with Crippen LogP contribution in [0.2, 0.25) is 0 Å². The van der Waals surface area contributed by atoms with Crippen LogP contribution in [0.4, 0.5) is 0 Å². The van der Waals surface area contributed by atoms with Gasteiger partial charge in [0.2, 0.25) is 0 Å². The average Bonchev–Trinajstić information content (AvgIpc) is 2.40. The van der Waals surface area contributed by atoms with Gasteiger partial charge < -0.3 is 15.2 Å². The topological polar surface area (TPSA) is 41.5 Å². The van der Waals surface area contributed by atoms with Gasteiger partial charge in [0.15, 0.2) is 0 Å². The maximum Gasteiger partial charge on any atom is 0.0774 e. The lowest BCUT2D eigenvalue weighted by atomic mass is 9.61. The molecular formula is C17H33NO2. The summed E-state index contributed by atoms with van der Waals surface area (Å²) in [6, 6.07) is 0.491. The Balaban J connectivity index is 1.85. The molecule has 3 heteroatoms. The summed E-state index contributed by atoms with van der Waals surface area (Å²) < 4.78 is 5.85. The Morgan fingerprint density at radius 1 is 1.35 bits per heavy atom. The Labute approximate surface area is 124 Å². The number of hydrogen-bond acceptors (Lipinski definition) is 3. The Morgan fingerprint density at radius 3 is 2.70 bits per heavy atom. The molecule has 0 spiro atoms. The third kappa shape index (κ3) is 3.20. The largest absolute Gasteiger partial charge is 0.389 e. The summed E-state index contributed by atoms with van der Waals surface area (Å²) in [7, 11) is 0. The lowest BCUT2D eigenvalue weighted by molar-refractivity contribution is -0.131. The Kier molecular flexibility index (Phi) is 5.14. The van der Waals surface area contributed by atoms with Gasteiger partial charge in [-0.3, -0.25) is 0 Å². The highest BCUT2D eigenvalue weighted by atomic mass is 16.5. The van der Waals surface area contributed by atoms with Crippen LogP contribution in [0.1, 0.15) is 66.2 Å². The van der Waals surface area contributed by atoms with Crippen LogP contribution >= 0.6 is 0 Å². The number of nitrogens with one attached hydrogen (secondary N) is 1. The lowest BCUT2D eigenvalue weighted by Crippen LogP contribution is -2.64. The molecule has 2 aliphatic carbocycles. The predicted octanol–water partition coefficient (Wildman–Crippen LogP) is 3.11. The highest BCUT2D eigenvalue weighted by molar-refractivity contribution is 5.05. The van der Waals surface area contributed by atoms with E-state index in [4.69, 9.17) is 4.74 Å². The van der Waals surface area contributed by atoms with Crippen LogP contribution in [0.25, 0.3) is 0 Å². The van der Waals surface area contributed by atoms with Crippen molar-refractivity contribution in [1.82, 2.24) is 5.32 Å². The van der Waals surface area contributed by atoms with Crippen LogP contribution in [-0.2, 0) is 4.74 Å². The summed E-state index contributed by atoms with van der Waals surface area (Å²) in [5.74, 6) is 0.658. The molecule has 3 nitrogen and oxygen atoms in total. The zero-order chi connectivity index (χ0) is 14.8. The van der Waals surface area contributed by atoms with Gasteiger partial charge in [-0.25, -0.2) is 0 Å². The average molecular weight is 283 g/mol. The maximum atomic E-state index is 10.7. The fourth-order valence-electron chi connectivity index (χ4n) is 4.17. The van der Waals surface area contributed by atoms with E-state index >= 15 is 0 Å². The molecule has 0 aliphatic heterocycles. The van der Waals surface area contributed by atoms with Crippen LogP contribution in [0.15, 0.2) is 0 Å². The van der Waals surface area contributed by atoms with Crippen LogP contribution in [-0.4, -0.2) is 36.0 Å². The van der Waals surface area contributed by atoms with E-state index in [0.29, 0.717) is 18.1 Å². The van der Waals surface area contributed by atoms with Crippen molar-refractivity contribution in [2.24, 2.45) is 11.3 Å². The van der Waals surface area contributed by atoms with Crippen LogP contribution < -0.4 is 5.32 Å². The van der Waals surface area contributed by atoms with Crippen LogP contribution in [0.3, 0.4) is 0 Å². The molecule has 2 N–H and O–H groups in total. The second-order valence-corrected chi connectivity index (χ2v) is 7.40.